The fourth-order valence-corrected chi connectivity index (χ4v) is 8.31. The van der Waals surface area contributed by atoms with Crippen LogP contribution in [0.1, 0.15) is 73.5 Å². The molecular weight excluding hydrogens is 722 g/mol. The standard InChI is InChI=1S/C29H25Cl2FN4O.C8H11N3.C5H9N/c1-15-19-14-22(23-8-4-12-36(23)29(37)16-9-10-16)35-27(19)20-13-17(5-3-11-33)24(26(32)28(20)34-15)18-6-2-7-21(30)25(18)31;9-6-8(11-10)7-4-2-1-3-5-7;1-4-2-5(1)6-3-4/h2,6-7,13-14,16,23,35H,3-5,8-10,12H2,1H3;1-6,11H,9-10H2;4-6H,1-3H2/b;8-6-;. The molecule has 5 aromatic rings. The van der Waals surface area contributed by atoms with Crippen LogP contribution >= 0.6 is 23.2 Å². The maximum Gasteiger partial charge on any atom is 0.226 e. The van der Waals surface area contributed by atoms with E-state index in [-0.39, 0.29) is 34.8 Å². The van der Waals surface area contributed by atoms with E-state index in [9.17, 15) is 10.1 Å². The summed E-state index contributed by atoms with van der Waals surface area (Å²) in [4.78, 5) is 23.1. The molecule has 7 N–H and O–H groups in total. The second-order valence-corrected chi connectivity index (χ2v) is 15.4. The fourth-order valence-electron chi connectivity index (χ4n) is 7.92. The number of hydrogen-bond acceptors (Lipinski definition) is 7. The number of fused-ring (bicyclic) bond motifs is 4. The Balaban J connectivity index is 0.000000215. The molecule has 9 nitrogen and oxygen atoms in total. The number of nitrogens with zero attached hydrogens (tertiary/aromatic N) is 3. The number of aromatic amines is 1. The monoisotopic (exact) mass is 766 g/mol. The number of H-pyrrole nitrogens is 1. The number of carbonyl (C=O) groups excluding carboxylic acids is 1. The van der Waals surface area contributed by atoms with Crippen LogP contribution in [0.5, 0.6) is 0 Å². The van der Waals surface area contributed by atoms with Crippen LogP contribution in [0.2, 0.25) is 10.0 Å². The zero-order chi connectivity index (χ0) is 37.9. The van der Waals surface area contributed by atoms with Gasteiger partial charge in [0.25, 0.3) is 0 Å². The SMILES string of the molecule is C1NC2CC1C2.Cc1nc2c(F)c(-c3cccc(Cl)c3Cl)c(CCC#N)cc2c2[nH]c(C3CCCN3C(=O)C3CC3)cc12.N/C=C(\NN)c1ccccc1. The van der Waals surface area contributed by atoms with Crippen LogP contribution in [0.3, 0.4) is 0 Å². The molecule has 0 radical (unpaired) electrons. The van der Waals surface area contributed by atoms with Crippen molar-refractivity contribution in [2.24, 2.45) is 23.4 Å². The quantitative estimate of drug-likeness (QED) is 0.0825. The lowest BCUT2D eigenvalue weighted by Gasteiger charge is -2.24. The lowest BCUT2D eigenvalue weighted by Crippen LogP contribution is -2.31. The number of nitriles is 1. The molecule has 2 saturated carbocycles. The molecule has 2 aliphatic carbocycles. The van der Waals surface area contributed by atoms with E-state index in [4.69, 9.17) is 34.8 Å². The normalized spacial score (nSPS) is 20.1. The summed E-state index contributed by atoms with van der Waals surface area (Å²) in [6, 6.07) is 21.8. The zero-order valence-electron chi connectivity index (χ0n) is 30.3. The summed E-state index contributed by atoms with van der Waals surface area (Å²) < 4.78 is 16.3. The summed E-state index contributed by atoms with van der Waals surface area (Å²) in [7, 11) is 0. The number of aromatic nitrogens is 2. The van der Waals surface area contributed by atoms with Crippen molar-refractivity contribution in [1.29, 1.82) is 5.26 Å². The first-order valence-electron chi connectivity index (χ1n) is 18.7. The van der Waals surface area contributed by atoms with Gasteiger partial charge in [-0.05, 0) is 88.1 Å². The smallest absolute Gasteiger partial charge is 0.226 e. The number of amides is 1. The van der Waals surface area contributed by atoms with E-state index < -0.39 is 5.82 Å². The van der Waals surface area contributed by atoms with Gasteiger partial charge in [-0.3, -0.25) is 10.6 Å². The van der Waals surface area contributed by atoms with Crippen molar-refractivity contribution in [3.8, 4) is 17.2 Å². The molecule has 54 heavy (non-hydrogen) atoms. The second-order valence-electron chi connectivity index (χ2n) is 14.6. The lowest BCUT2D eigenvalue weighted by atomic mass is 9.87. The third kappa shape index (κ3) is 7.64. The van der Waals surface area contributed by atoms with Gasteiger partial charge >= 0.3 is 0 Å². The number of hydrogen-bond donors (Lipinski definition) is 5. The number of likely N-dealkylation sites (tertiary alicyclic amines) is 1. The molecule has 3 aromatic carbocycles. The Labute approximate surface area is 324 Å². The van der Waals surface area contributed by atoms with E-state index in [1.54, 1.807) is 18.2 Å². The van der Waals surface area contributed by atoms with Crippen molar-refractivity contribution < 1.29 is 9.18 Å². The summed E-state index contributed by atoms with van der Waals surface area (Å²) in [5, 5.41) is 14.8. The molecule has 10 rings (SSSR count). The van der Waals surface area contributed by atoms with Gasteiger partial charge in [-0.15, -0.1) is 0 Å². The van der Waals surface area contributed by atoms with E-state index in [1.165, 1.54) is 25.6 Å². The highest BCUT2D eigenvalue weighted by atomic mass is 35.5. The maximum atomic E-state index is 16.3. The first kappa shape index (κ1) is 37.6. The molecule has 5 heterocycles. The molecule has 12 heteroatoms. The van der Waals surface area contributed by atoms with E-state index in [0.29, 0.717) is 39.2 Å². The summed E-state index contributed by atoms with van der Waals surface area (Å²) in [6.45, 7) is 3.95. The predicted octanol–water partition coefficient (Wildman–Crippen LogP) is 8.44. The average molecular weight is 768 g/mol. The van der Waals surface area contributed by atoms with Crippen LogP contribution in [-0.2, 0) is 11.2 Å². The molecule has 2 bridgehead atoms. The Morgan fingerprint density at radius 2 is 1.89 bits per heavy atom. The second kappa shape index (κ2) is 16.4. The Morgan fingerprint density at radius 1 is 1.11 bits per heavy atom. The Hall–Kier alpha value is -4.66. The van der Waals surface area contributed by atoms with E-state index >= 15 is 4.39 Å². The minimum atomic E-state index is -0.484. The third-order valence-corrected chi connectivity index (χ3v) is 11.8. The minimum Gasteiger partial charge on any atom is -0.403 e. The number of halogens is 3. The topological polar surface area (TPSA) is 149 Å². The minimum absolute atomic E-state index is 0.0117. The molecule has 5 aliphatic rings. The van der Waals surface area contributed by atoms with Gasteiger partial charge in [0, 0.05) is 70.0 Å². The number of rotatable bonds is 7. The van der Waals surface area contributed by atoms with Gasteiger partial charge in [0.05, 0.1) is 33.4 Å². The largest absolute Gasteiger partial charge is 0.403 e. The highest BCUT2D eigenvalue weighted by molar-refractivity contribution is 6.43. The predicted molar refractivity (Wildman–Crippen MR) is 215 cm³/mol. The van der Waals surface area contributed by atoms with Crippen molar-refractivity contribution in [1.82, 2.24) is 25.6 Å². The summed E-state index contributed by atoms with van der Waals surface area (Å²) in [5.74, 6) is 6.23. The number of hydrazine groups is 1. The third-order valence-electron chi connectivity index (χ3n) is 11.0. The number of benzene rings is 3. The van der Waals surface area contributed by atoms with Gasteiger partial charge in [0.1, 0.15) is 5.52 Å². The van der Waals surface area contributed by atoms with Crippen molar-refractivity contribution in [3.05, 3.63) is 105 Å². The molecule has 1 amide bonds. The van der Waals surface area contributed by atoms with E-state index in [1.807, 2.05) is 48.2 Å². The Bertz CT molecular complexity index is 2230. The highest BCUT2D eigenvalue weighted by Crippen LogP contribution is 2.43. The van der Waals surface area contributed by atoms with Gasteiger partial charge in [-0.25, -0.2) is 9.37 Å². The number of aryl methyl sites for hydroxylation is 2. The summed E-state index contributed by atoms with van der Waals surface area (Å²) in [5.41, 5.74) is 13.7. The van der Waals surface area contributed by atoms with Gasteiger partial charge in [0.2, 0.25) is 5.91 Å². The van der Waals surface area contributed by atoms with Gasteiger partial charge < -0.3 is 26.4 Å². The lowest BCUT2D eigenvalue weighted by molar-refractivity contribution is -0.133. The van der Waals surface area contributed by atoms with Crippen LogP contribution in [0.15, 0.2) is 66.9 Å². The van der Waals surface area contributed by atoms with Crippen molar-refractivity contribution >= 4 is 56.6 Å². The first-order chi connectivity index (χ1) is 26.2. The Kier molecular flexibility index (Phi) is 11.4. The van der Waals surface area contributed by atoms with E-state index in [0.717, 1.165) is 72.0 Å². The molecule has 5 fully saturated rings. The van der Waals surface area contributed by atoms with Crippen LogP contribution in [-0.4, -0.2) is 39.9 Å². The maximum absolute atomic E-state index is 16.3. The first-order valence-corrected chi connectivity index (χ1v) is 19.4. The van der Waals surface area contributed by atoms with Gasteiger partial charge in [-0.2, -0.15) is 5.26 Å². The highest BCUT2D eigenvalue weighted by Gasteiger charge is 2.39. The average Bonchev–Trinajstić information content (AvgIpc) is 3.56. The van der Waals surface area contributed by atoms with Crippen LogP contribution in [0, 0.1) is 35.9 Å². The zero-order valence-corrected chi connectivity index (χ0v) is 31.8. The number of nitrogens with one attached hydrogen (secondary N) is 3. The van der Waals surface area contributed by atoms with Crippen LogP contribution in [0.25, 0.3) is 38.6 Å². The molecule has 0 spiro atoms. The molecular formula is C42H45Cl2FN8O. The molecule has 1 atom stereocenters. The molecule has 280 valence electrons. The summed E-state index contributed by atoms with van der Waals surface area (Å²) >= 11 is 12.8. The van der Waals surface area contributed by atoms with Crippen LogP contribution in [0.4, 0.5) is 4.39 Å². The number of pyridine rings is 1. The molecule has 3 aliphatic heterocycles. The van der Waals surface area contributed by atoms with Crippen molar-refractivity contribution in [2.45, 2.75) is 70.4 Å². The van der Waals surface area contributed by atoms with Crippen molar-refractivity contribution in [2.75, 3.05) is 13.1 Å². The van der Waals surface area contributed by atoms with Gasteiger partial charge in [0.15, 0.2) is 5.82 Å². The Morgan fingerprint density at radius 3 is 2.52 bits per heavy atom. The molecule has 2 aromatic heterocycles. The van der Waals surface area contributed by atoms with Crippen molar-refractivity contribution in [3.63, 3.8) is 0 Å². The molecule has 1 unspecified atom stereocenters. The van der Waals surface area contributed by atoms with Crippen LogP contribution < -0.4 is 22.3 Å². The van der Waals surface area contributed by atoms with Gasteiger partial charge in [-0.1, -0.05) is 65.7 Å². The van der Waals surface area contributed by atoms with E-state index in [2.05, 4.69) is 32.8 Å². The molecule has 3 saturated heterocycles. The fraction of sp³-hybridized carbons (Fsp3) is 0.357. The summed E-state index contributed by atoms with van der Waals surface area (Å²) in [6.07, 6.45) is 8.79. The number of nitrogens with two attached hydrogens (primary N) is 2. The number of carbonyl (C=O) groups is 1.